The molecule has 4 nitrogen and oxygen atoms in total. The van der Waals surface area contributed by atoms with Crippen LogP contribution in [0.1, 0.15) is 13.3 Å². The van der Waals surface area contributed by atoms with Gasteiger partial charge in [0.15, 0.2) is 0 Å². The number of nitrogens with zero attached hydrogens (tertiary/aromatic N) is 1. The molecular formula is C11H22N2O2. The predicted molar refractivity (Wildman–Crippen MR) is 58.8 cm³/mol. The highest BCUT2D eigenvalue weighted by Crippen LogP contribution is 2.22. The summed E-state index contributed by atoms with van der Waals surface area (Å²) in [6.45, 7) is 7.62. The van der Waals surface area contributed by atoms with Gasteiger partial charge < -0.3 is 15.2 Å². The topological polar surface area (TPSA) is 47.7 Å². The number of ether oxygens (including phenoxy) is 2. The molecule has 0 aliphatic carbocycles. The minimum atomic E-state index is 0.225. The minimum Gasteiger partial charge on any atom is -0.381 e. The molecule has 4 heteroatoms. The van der Waals surface area contributed by atoms with Crippen LogP contribution in [0.4, 0.5) is 0 Å². The van der Waals surface area contributed by atoms with Gasteiger partial charge in [0.2, 0.25) is 0 Å². The predicted octanol–water partition coefficient (Wildman–Crippen LogP) is 0.0709. The lowest BCUT2D eigenvalue weighted by Gasteiger charge is -2.38. The molecule has 88 valence electrons. The summed E-state index contributed by atoms with van der Waals surface area (Å²) in [5.41, 5.74) is 5.64. The van der Waals surface area contributed by atoms with Gasteiger partial charge in [-0.1, -0.05) is 0 Å². The molecule has 3 atom stereocenters. The van der Waals surface area contributed by atoms with Gasteiger partial charge in [-0.05, 0) is 19.3 Å². The lowest BCUT2D eigenvalue weighted by atomic mass is 9.98. The van der Waals surface area contributed by atoms with Crippen molar-refractivity contribution < 1.29 is 9.47 Å². The summed E-state index contributed by atoms with van der Waals surface area (Å²) in [6, 6.07) is 0.602. The average molecular weight is 214 g/mol. The first-order valence-electron chi connectivity index (χ1n) is 5.94. The van der Waals surface area contributed by atoms with E-state index in [0.717, 1.165) is 32.9 Å². The molecule has 2 heterocycles. The third kappa shape index (κ3) is 2.69. The maximum Gasteiger partial charge on any atom is 0.0824 e. The van der Waals surface area contributed by atoms with Crippen LogP contribution in [0.15, 0.2) is 0 Å². The molecule has 2 N–H and O–H groups in total. The van der Waals surface area contributed by atoms with E-state index in [9.17, 15) is 0 Å². The highest BCUT2D eigenvalue weighted by molar-refractivity contribution is 4.82. The van der Waals surface area contributed by atoms with Gasteiger partial charge in [0.05, 0.1) is 19.3 Å². The molecule has 0 spiro atoms. The van der Waals surface area contributed by atoms with Gasteiger partial charge in [-0.25, -0.2) is 0 Å². The van der Waals surface area contributed by atoms with Crippen LogP contribution >= 0.6 is 0 Å². The normalized spacial score (nSPS) is 35.6. The van der Waals surface area contributed by atoms with E-state index in [-0.39, 0.29) is 6.10 Å². The Morgan fingerprint density at radius 2 is 2.33 bits per heavy atom. The fourth-order valence-corrected chi connectivity index (χ4v) is 2.49. The summed E-state index contributed by atoms with van der Waals surface area (Å²) < 4.78 is 11.0. The summed E-state index contributed by atoms with van der Waals surface area (Å²) in [5.74, 6) is 0.696. The Balaban J connectivity index is 1.85. The first kappa shape index (κ1) is 11.3. The first-order chi connectivity index (χ1) is 7.31. The van der Waals surface area contributed by atoms with Gasteiger partial charge in [-0.15, -0.1) is 0 Å². The summed E-state index contributed by atoms with van der Waals surface area (Å²) in [5, 5.41) is 0. The summed E-state index contributed by atoms with van der Waals surface area (Å²) >= 11 is 0. The quantitative estimate of drug-likeness (QED) is 0.722. The molecule has 0 amide bonds. The second kappa shape index (κ2) is 5.25. The van der Waals surface area contributed by atoms with Crippen LogP contribution in [-0.4, -0.2) is 56.5 Å². The number of morpholine rings is 1. The van der Waals surface area contributed by atoms with E-state index in [2.05, 4.69) is 11.8 Å². The van der Waals surface area contributed by atoms with Crippen molar-refractivity contribution in [1.29, 1.82) is 0 Å². The molecule has 2 aliphatic rings. The Morgan fingerprint density at radius 3 is 3.00 bits per heavy atom. The maximum atomic E-state index is 5.64. The van der Waals surface area contributed by atoms with Crippen molar-refractivity contribution in [3.8, 4) is 0 Å². The van der Waals surface area contributed by atoms with Gasteiger partial charge in [0.1, 0.15) is 0 Å². The number of hydrogen-bond donors (Lipinski definition) is 1. The van der Waals surface area contributed by atoms with Crippen LogP contribution in [0.3, 0.4) is 0 Å². The SMILES string of the molecule is CC(C1CCOC1)N1CCOC(CN)C1. The van der Waals surface area contributed by atoms with Crippen LogP contribution < -0.4 is 5.73 Å². The molecule has 0 bridgehead atoms. The van der Waals surface area contributed by atoms with E-state index in [1.165, 1.54) is 6.42 Å². The zero-order chi connectivity index (χ0) is 10.7. The van der Waals surface area contributed by atoms with Gasteiger partial charge in [-0.3, -0.25) is 4.90 Å². The Hall–Kier alpha value is -0.160. The van der Waals surface area contributed by atoms with Gasteiger partial charge in [0.25, 0.3) is 0 Å². The smallest absolute Gasteiger partial charge is 0.0824 e. The number of hydrogen-bond acceptors (Lipinski definition) is 4. The Morgan fingerprint density at radius 1 is 1.47 bits per heavy atom. The van der Waals surface area contributed by atoms with Gasteiger partial charge in [-0.2, -0.15) is 0 Å². The van der Waals surface area contributed by atoms with E-state index < -0.39 is 0 Å². The third-order valence-corrected chi connectivity index (χ3v) is 3.66. The van der Waals surface area contributed by atoms with Gasteiger partial charge in [0, 0.05) is 32.3 Å². The monoisotopic (exact) mass is 214 g/mol. The second-order valence-electron chi connectivity index (χ2n) is 4.59. The van der Waals surface area contributed by atoms with Crippen LogP contribution in [0.25, 0.3) is 0 Å². The fourth-order valence-electron chi connectivity index (χ4n) is 2.49. The van der Waals surface area contributed by atoms with E-state index in [4.69, 9.17) is 15.2 Å². The van der Waals surface area contributed by atoms with Crippen LogP contribution in [0.5, 0.6) is 0 Å². The standard InChI is InChI=1S/C11H22N2O2/c1-9(10-2-4-14-8-10)13-3-5-15-11(6-12)7-13/h9-11H,2-8,12H2,1H3. The Labute approximate surface area is 91.7 Å². The molecule has 3 unspecified atom stereocenters. The molecule has 2 rings (SSSR count). The zero-order valence-electron chi connectivity index (χ0n) is 9.52. The molecule has 0 aromatic carbocycles. The lowest BCUT2D eigenvalue weighted by molar-refractivity contribution is -0.0447. The summed E-state index contributed by atoms with van der Waals surface area (Å²) in [4.78, 5) is 2.50. The highest BCUT2D eigenvalue weighted by atomic mass is 16.5. The number of nitrogens with two attached hydrogens (primary N) is 1. The Bertz CT molecular complexity index is 195. The molecule has 0 saturated carbocycles. The van der Waals surface area contributed by atoms with E-state index in [0.29, 0.717) is 18.5 Å². The van der Waals surface area contributed by atoms with E-state index in [1.807, 2.05) is 0 Å². The van der Waals surface area contributed by atoms with Crippen molar-refractivity contribution in [2.24, 2.45) is 11.7 Å². The third-order valence-electron chi connectivity index (χ3n) is 3.66. The summed E-state index contributed by atoms with van der Waals surface area (Å²) in [6.07, 6.45) is 1.43. The largest absolute Gasteiger partial charge is 0.381 e. The van der Waals surface area contributed by atoms with Crippen molar-refractivity contribution in [1.82, 2.24) is 4.90 Å². The molecular weight excluding hydrogens is 192 g/mol. The second-order valence-corrected chi connectivity index (χ2v) is 4.59. The van der Waals surface area contributed by atoms with E-state index in [1.54, 1.807) is 0 Å². The summed E-state index contributed by atoms with van der Waals surface area (Å²) in [7, 11) is 0. The first-order valence-corrected chi connectivity index (χ1v) is 5.94. The van der Waals surface area contributed by atoms with Crippen molar-refractivity contribution in [3.05, 3.63) is 0 Å². The lowest BCUT2D eigenvalue weighted by Crippen LogP contribution is -2.51. The molecule has 2 fully saturated rings. The van der Waals surface area contributed by atoms with Crippen molar-refractivity contribution >= 4 is 0 Å². The van der Waals surface area contributed by atoms with Crippen LogP contribution in [0, 0.1) is 5.92 Å². The molecule has 0 radical (unpaired) electrons. The fraction of sp³-hybridized carbons (Fsp3) is 1.00. The van der Waals surface area contributed by atoms with Crippen molar-refractivity contribution in [2.75, 3.05) is 39.5 Å². The molecule has 0 aromatic heterocycles. The Kier molecular flexibility index (Phi) is 3.97. The zero-order valence-corrected chi connectivity index (χ0v) is 9.52. The van der Waals surface area contributed by atoms with Crippen molar-refractivity contribution in [3.63, 3.8) is 0 Å². The molecule has 15 heavy (non-hydrogen) atoms. The van der Waals surface area contributed by atoms with Crippen LogP contribution in [0.2, 0.25) is 0 Å². The number of rotatable bonds is 3. The van der Waals surface area contributed by atoms with Crippen molar-refractivity contribution in [2.45, 2.75) is 25.5 Å². The minimum absolute atomic E-state index is 0.225. The maximum absolute atomic E-state index is 5.64. The average Bonchev–Trinajstić information content (AvgIpc) is 2.81. The van der Waals surface area contributed by atoms with E-state index >= 15 is 0 Å². The van der Waals surface area contributed by atoms with Crippen LogP contribution in [-0.2, 0) is 9.47 Å². The highest BCUT2D eigenvalue weighted by Gasteiger charge is 2.30. The molecule has 0 aromatic rings. The molecule has 2 aliphatic heterocycles. The molecule has 2 saturated heterocycles. The van der Waals surface area contributed by atoms with Gasteiger partial charge >= 0.3 is 0 Å².